The Labute approximate surface area is 382 Å². The lowest BCUT2D eigenvalue weighted by Gasteiger charge is -2.42. The zero-order valence-electron chi connectivity index (χ0n) is 36.0. The summed E-state index contributed by atoms with van der Waals surface area (Å²) in [6, 6.07) is 82.9. The largest absolute Gasteiger partial charge is 0.309 e. The summed E-state index contributed by atoms with van der Waals surface area (Å²) in [6.45, 7) is 0. The van der Waals surface area contributed by atoms with Crippen LogP contribution in [0.2, 0.25) is 0 Å². The summed E-state index contributed by atoms with van der Waals surface area (Å²) in [5, 5.41) is 5.35. The lowest BCUT2D eigenvalue weighted by atomic mass is 9.60. The fourth-order valence-corrected chi connectivity index (χ4v) is 13.8. The Balaban J connectivity index is 0.941. The average Bonchev–Trinajstić information content (AvgIpc) is 3.91. The van der Waals surface area contributed by atoms with Crippen molar-refractivity contribution in [1.29, 1.82) is 0 Å². The van der Waals surface area contributed by atoms with E-state index >= 15 is 0 Å². The van der Waals surface area contributed by atoms with Crippen LogP contribution in [0, 0.1) is 0 Å². The van der Waals surface area contributed by atoms with Gasteiger partial charge in [0.15, 0.2) is 0 Å². The van der Waals surface area contributed by atoms with Gasteiger partial charge in [-0.2, -0.15) is 0 Å². The van der Waals surface area contributed by atoms with E-state index in [-0.39, 0.29) is 23.7 Å². The molecule has 4 bridgehead atoms. The van der Waals surface area contributed by atoms with Crippen LogP contribution in [-0.4, -0.2) is 9.13 Å². The Morgan fingerprint density at radius 2 is 0.530 bits per heavy atom. The van der Waals surface area contributed by atoms with Gasteiger partial charge >= 0.3 is 0 Å². The zero-order valence-corrected chi connectivity index (χ0v) is 36.0. The highest BCUT2D eigenvalue weighted by molar-refractivity contribution is 6.14. The van der Waals surface area contributed by atoms with Gasteiger partial charge in [-0.15, -0.1) is 0 Å². The number of hydrogen-bond acceptors (Lipinski definition) is 0. The second-order valence-corrected chi connectivity index (χ2v) is 18.9. The number of para-hydroxylation sites is 4. The molecular weight excluding hydrogens is 797 g/mol. The number of benzene rings is 10. The van der Waals surface area contributed by atoms with Crippen LogP contribution in [0.3, 0.4) is 0 Å². The van der Waals surface area contributed by atoms with Crippen molar-refractivity contribution in [2.24, 2.45) is 0 Å². The number of nitrogens with zero attached hydrogens (tertiary/aromatic N) is 2. The van der Waals surface area contributed by atoms with Gasteiger partial charge in [-0.25, -0.2) is 0 Å². The maximum absolute atomic E-state index is 2.56. The van der Waals surface area contributed by atoms with Gasteiger partial charge in [-0.3, -0.25) is 0 Å². The molecule has 0 N–H and O–H groups in total. The third-order valence-corrected chi connectivity index (χ3v) is 16.1. The van der Waals surface area contributed by atoms with Crippen molar-refractivity contribution >= 4 is 43.6 Å². The third-order valence-electron chi connectivity index (χ3n) is 16.1. The topological polar surface area (TPSA) is 9.86 Å². The van der Waals surface area contributed by atoms with Crippen LogP contribution in [-0.2, 0) is 0 Å². The maximum Gasteiger partial charge on any atom is 0.0544 e. The molecule has 2 heterocycles. The molecule has 0 spiro atoms. The van der Waals surface area contributed by atoms with E-state index in [1.54, 1.807) is 0 Å². The summed E-state index contributed by atoms with van der Waals surface area (Å²) in [5.41, 5.74) is 27.1. The van der Waals surface area contributed by atoms with E-state index in [2.05, 4.69) is 228 Å². The van der Waals surface area contributed by atoms with Crippen LogP contribution in [0.25, 0.3) is 66.1 Å². The molecule has 2 heteroatoms. The molecule has 0 aliphatic heterocycles. The van der Waals surface area contributed by atoms with Crippen LogP contribution >= 0.6 is 0 Å². The van der Waals surface area contributed by atoms with Crippen LogP contribution in [0.15, 0.2) is 218 Å². The van der Waals surface area contributed by atoms with Gasteiger partial charge in [0.1, 0.15) is 0 Å². The van der Waals surface area contributed by atoms with Gasteiger partial charge < -0.3 is 9.13 Å². The Bertz CT molecular complexity index is 3740. The monoisotopic (exact) mass is 836 g/mol. The highest BCUT2D eigenvalue weighted by Crippen LogP contribution is 2.60. The summed E-state index contributed by atoms with van der Waals surface area (Å²) in [5.74, 6) is 0.795. The minimum absolute atomic E-state index is 0.176. The molecule has 0 amide bonds. The highest BCUT2D eigenvalue weighted by atomic mass is 15.0. The third kappa shape index (κ3) is 4.28. The first-order valence-electron chi connectivity index (χ1n) is 23.5. The molecule has 2 nitrogen and oxygen atoms in total. The molecule has 0 atom stereocenters. The highest BCUT2D eigenvalue weighted by Gasteiger charge is 2.44. The molecule has 66 heavy (non-hydrogen) atoms. The van der Waals surface area contributed by atoms with Crippen LogP contribution in [0.5, 0.6) is 0 Å². The van der Waals surface area contributed by atoms with Crippen molar-refractivity contribution in [1.82, 2.24) is 9.13 Å². The number of fused-ring (bicyclic) bond motifs is 6. The molecule has 0 unspecified atom stereocenters. The van der Waals surface area contributed by atoms with Crippen LogP contribution in [0.4, 0.5) is 0 Å². The van der Waals surface area contributed by atoms with E-state index in [4.69, 9.17) is 0 Å². The van der Waals surface area contributed by atoms with E-state index < -0.39 is 0 Å². The summed E-state index contributed by atoms with van der Waals surface area (Å²) in [6.07, 6.45) is 0. The molecule has 18 rings (SSSR count). The van der Waals surface area contributed by atoms with Gasteiger partial charge in [0.25, 0.3) is 0 Å². The predicted octanol–water partition coefficient (Wildman–Crippen LogP) is 15.5. The molecule has 0 saturated heterocycles. The Morgan fingerprint density at radius 1 is 0.227 bits per heavy atom. The molecule has 6 aliphatic carbocycles. The fourth-order valence-electron chi connectivity index (χ4n) is 13.8. The van der Waals surface area contributed by atoms with Gasteiger partial charge in [-0.05, 0) is 103 Å². The second-order valence-electron chi connectivity index (χ2n) is 18.9. The molecule has 2 aromatic heterocycles. The Morgan fingerprint density at radius 3 is 0.909 bits per heavy atom. The molecule has 0 saturated carbocycles. The first kappa shape index (κ1) is 35.2. The fraction of sp³-hybridized carbons (Fsp3) is 0.0625. The van der Waals surface area contributed by atoms with Gasteiger partial charge in [0, 0.05) is 56.3 Å². The van der Waals surface area contributed by atoms with Crippen molar-refractivity contribution in [2.75, 3.05) is 0 Å². The number of hydrogen-bond donors (Lipinski definition) is 0. The van der Waals surface area contributed by atoms with Gasteiger partial charge in [-0.1, -0.05) is 182 Å². The molecular formula is C64H40N2. The van der Waals surface area contributed by atoms with Crippen molar-refractivity contribution in [2.45, 2.75) is 23.7 Å². The van der Waals surface area contributed by atoms with E-state index in [1.807, 2.05) is 0 Å². The molecule has 306 valence electrons. The minimum Gasteiger partial charge on any atom is -0.309 e. The van der Waals surface area contributed by atoms with Crippen LogP contribution in [0.1, 0.15) is 90.4 Å². The van der Waals surface area contributed by atoms with E-state index in [0.29, 0.717) is 0 Å². The SMILES string of the molecule is c1ccc(-n2c3ccccc3c3c4c(ccc32)C2c3ccccc3C4c3ccccc32)c(-c2ccccc2-n2c3ccccc3c3c4c(ccc32)C2c3ccccc3C4c3ccccc32)c1. The first-order valence-corrected chi connectivity index (χ1v) is 23.5. The maximum atomic E-state index is 2.56. The Hall–Kier alpha value is -8.20. The van der Waals surface area contributed by atoms with E-state index in [0.717, 1.165) is 0 Å². The number of aromatic nitrogens is 2. The second kappa shape index (κ2) is 12.7. The quantitative estimate of drug-likeness (QED) is 0.168. The molecule has 0 fully saturated rings. The number of rotatable bonds is 3. The normalized spacial score (nSPS) is 18.0. The average molecular weight is 837 g/mol. The van der Waals surface area contributed by atoms with Crippen molar-refractivity contribution in [3.8, 4) is 22.5 Å². The van der Waals surface area contributed by atoms with E-state index in [1.165, 1.54) is 133 Å². The first-order chi connectivity index (χ1) is 32.8. The van der Waals surface area contributed by atoms with Crippen LogP contribution < -0.4 is 0 Å². The Kier molecular flexibility index (Phi) is 6.79. The molecule has 12 aromatic rings. The summed E-state index contributed by atoms with van der Waals surface area (Å²) in [7, 11) is 0. The van der Waals surface area contributed by atoms with Crippen molar-refractivity contribution in [3.05, 3.63) is 285 Å². The standard InChI is InChI=1S/C64H40N2/c1-5-23-43-39(19-1)57-40-20-2-6-24-44(40)59(43)63-49(57)33-35-55-61(63)47-27-11-15-31-53(47)65(55)51-29-13-9-17-37(51)38-18-10-14-30-52(38)66-54-32-16-12-28-48(54)62-56(66)36-34-50-58-41-21-3-7-25-45(41)60(64(50)62)46-26-8-4-22-42(46)58/h1-36,57-60H. The molecule has 6 aliphatic rings. The molecule has 10 aromatic carbocycles. The van der Waals surface area contributed by atoms with Crippen molar-refractivity contribution < 1.29 is 0 Å². The lowest BCUT2D eigenvalue weighted by molar-refractivity contribution is 0.761. The zero-order chi connectivity index (χ0) is 42.8. The lowest BCUT2D eigenvalue weighted by Crippen LogP contribution is -2.27. The predicted molar refractivity (Wildman–Crippen MR) is 270 cm³/mol. The van der Waals surface area contributed by atoms with E-state index in [9.17, 15) is 0 Å². The van der Waals surface area contributed by atoms with Gasteiger partial charge in [0.2, 0.25) is 0 Å². The van der Waals surface area contributed by atoms with Crippen molar-refractivity contribution in [3.63, 3.8) is 0 Å². The summed E-state index contributed by atoms with van der Waals surface area (Å²) < 4.78 is 5.12. The summed E-state index contributed by atoms with van der Waals surface area (Å²) >= 11 is 0. The van der Waals surface area contributed by atoms with Gasteiger partial charge in [0.05, 0.1) is 33.4 Å². The molecule has 0 radical (unpaired) electrons. The summed E-state index contributed by atoms with van der Waals surface area (Å²) in [4.78, 5) is 0. The minimum atomic E-state index is 0.176. The smallest absolute Gasteiger partial charge is 0.0544 e.